The SMILES string of the molecule is CCn1c(=O)c(=O)[nH]c2cc(C(=O)Nc3cnc4ccccc4c3)ccc21. The van der Waals surface area contributed by atoms with E-state index in [0.717, 1.165) is 10.9 Å². The quantitative estimate of drug-likeness (QED) is 0.549. The monoisotopic (exact) mass is 360 g/mol. The van der Waals surface area contributed by atoms with Gasteiger partial charge < -0.3 is 14.9 Å². The number of aryl methyl sites for hydroxylation is 1. The lowest BCUT2D eigenvalue weighted by molar-refractivity contribution is 0.102. The number of hydrogen-bond acceptors (Lipinski definition) is 4. The maximum atomic E-state index is 12.6. The molecule has 0 spiro atoms. The van der Waals surface area contributed by atoms with E-state index < -0.39 is 11.1 Å². The molecule has 0 unspecified atom stereocenters. The highest BCUT2D eigenvalue weighted by atomic mass is 16.2. The summed E-state index contributed by atoms with van der Waals surface area (Å²) >= 11 is 0. The lowest BCUT2D eigenvalue weighted by atomic mass is 10.1. The van der Waals surface area contributed by atoms with E-state index in [0.29, 0.717) is 28.8 Å². The zero-order valence-corrected chi connectivity index (χ0v) is 14.5. The molecule has 2 heterocycles. The van der Waals surface area contributed by atoms with Gasteiger partial charge in [0, 0.05) is 17.5 Å². The number of carbonyl (C=O) groups is 1. The average molecular weight is 360 g/mol. The van der Waals surface area contributed by atoms with Crippen molar-refractivity contribution in [3.63, 3.8) is 0 Å². The number of amides is 1. The molecule has 0 atom stereocenters. The molecule has 2 aromatic heterocycles. The molecule has 2 aromatic carbocycles. The average Bonchev–Trinajstić information content (AvgIpc) is 2.68. The van der Waals surface area contributed by atoms with Crippen molar-refractivity contribution >= 4 is 33.5 Å². The summed E-state index contributed by atoms with van der Waals surface area (Å²) in [5.74, 6) is -0.330. The first kappa shape index (κ1) is 16.7. The second kappa shape index (κ2) is 6.53. The Balaban J connectivity index is 1.70. The van der Waals surface area contributed by atoms with E-state index in [2.05, 4.69) is 15.3 Å². The van der Waals surface area contributed by atoms with Crippen LogP contribution in [-0.4, -0.2) is 20.4 Å². The standard InChI is InChI=1S/C20H16N4O3/c1-2-24-17-8-7-13(10-16(17)23-19(26)20(24)27)18(25)22-14-9-12-5-3-4-6-15(12)21-11-14/h3-11H,2H2,1H3,(H,22,25)(H,23,26). The van der Waals surface area contributed by atoms with Gasteiger partial charge in [-0.3, -0.25) is 19.4 Å². The van der Waals surface area contributed by atoms with E-state index in [9.17, 15) is 14.4 Å². The number of rotatable bonds is 3. The van der Waals surface area contributed by atoms with Crippen molar-refractivity contribution in [1.29, 1.82) is 0 Å². The molecular formula is C20H16N4O3. The van der Waals surface area contributed by atoms with Crippen LogP contribution in [-0.2, 0) is 6.54 Å². The summed E-state index contributed by atoms with van der Waals surface area (Å²) in [5.41, 5.74) is 1.48. The molecule has 7 nitrogen and oxygen atoms in total. The van der Waals surface area contributed by atoms with Gasteiger partial charge in [0.1, 0.15) is 0 Å². The van der Waals surface area contributed by atoms with Gasteiger partial charge in [-0.1, -0.05) is 18.2 Å². The summed E-state index contributed by atoms with van der Waals surface area (Å²) in [6.45, 7) is 2.15. The Morgan fingerprint density at radius 1 is 1.15 bits per heavy atom. The minimum absolute atomic E-state index is 0.330. The van der Waals surface area contributed by atoms with Crippen molar-refractivity contribution < 1.29 is 4.79 Å². The van der Waals surface area contributed by atoms with Crippen molar-refractivity contribution in [2.45, 2.75) is 13.5 Å². The number of carbonyl (C=O) groups excluding carboxylic acids is 1. The van der Waals surface area contributed by atoms with Gasteiger partial charge in [0.25, 0.3) is 5.91 Å². The molecule has 0 saturated carbocycles. The van der Waals surface area contributed by atoms with Crippen molar-refractivity contribution in [1.82, 2.24) is 14.5 Å². The molecule has 4 rings (SSSR count). The molecule has 134 valence electrons. The lowest BCUT2D eigenvalue weighted by Gasteiger charge is -2.09. The molecule has 0 aliphatic carbocycles. The number of anilines is 1. The zero-order chi connectivity index (χ0) is 19.0. The summed E-state index contributed by atoms with van der Waals surface area (Å²) < 4.78 is 1.38. The zero-order valence-electron chi connectivity index (χ0n) is 14.5. The number of H-pyrrole nitrogens is 1. The molecule has 27 heavy (non-hydrogen) atoms. The van der Waals surface area contributed by atoms with Crippen LogP contribution in [0.2, 0.25) is 0 Å². The van der Waals surface area contributed by atoms with Crippen LogP contribution in [0.5, 0.6) is 0 Å². The molecule has 7 heteroatoms. The van der Waals surface area contributed by atoms with Crippen molar-refractivity contribution in [3.05, 3.63) is 81.0 Å². The fourth-order valence-electron chi connectivity index (χ4n) is 3.08. The van der Waals surface area contributed by atoms with E-state index in [1.54, 1.807) is 31.3 Å². The number of pyridine rings is 1. The van der Waals surface area contributed by atoms with Gasteiger partial charge >= 0.3 is 11.1 Å². The van der Waals surface area contributed by atoms with Crippen LogP contribution in [0.1, 0.15) is 17.3 Å². The first-order valence-corrected chi connectivity index (χ1v) is 8.50. The van der Waals surface area contributed by atoms with Gasteiger partial charge in [-0.05, 0) is 37.3 Å². The van der Waals surface area contributed by atoms with Gasteiger partial charge in [0.05, 0.1) is 28.4 Å². The summed E-state index contributed by atoms with van der Waals surface area (Å²) in [6.07, 6.45) is 1.60. The molecule has 1 amide bonds. The molecule has 0 saturated heterocycles. The van der Waals surface area contributed by atoms with Gasteiger partial charge in [-0.25, -0.2) is 0 Å². The number of aromatic amines is 1. The molecule has 0 aliphatic heterocycles. The van der Waals surface area contributed by atoms with Gasteiger partial charge in [0.2, 0.25) is 0 Å². The van der Waals surface area contributed by atoms with E-state index in [1.165, 1.54) is 4.57 Å². The lowest BCUT2D eigenvalue weighted by Crippen LogP contribution is -2.36. The molecule has 0 radical (unpaired) electrons. The molecular weight excluding hydrogens is 344 g/mol. The summed E-state index contributed by atoms with van der Waals surface area (Å²) in [7, 11) is 0. The third-order valence-electron chi connectivity index (χ3n) is 4.40. The fourth-order valence-corrected chi connectivity index (χ4v) is 3.08. The van der Waals surface area contributed by atoms with Crippen LogP contribution in [0.25, 0.3) is 21.9 Å². The number of fused-ring (bicyclic) bond motifs is 2. The normalized spacial score (nSPS) is 11.0. The Kier molecular flexibility index (Phi) is 4.04. The summed E-state index contributed by atoms with van der Waals surface area (Å²) in [6, 6.07) is 14.3. The van der Waals surface area contributed by atoms with Crippen LogP contribution >= 0.6 is 0 Å². The Labute approximate surface area is 153 Å². The van der Waals surface area contributed by atoms with Gasteiger partial charge in [-0.2, -0.15) is 0 Å². The number of aromatic nitrogens is 3. The molecule has 0 aliphatic rings. The second-order valence-electron chi connectivity index (χ2n) is 6.11. The maximum absolute atomic E-state index is 12.6. The Bertz CT molecular complexity index is 1300. The number of benzene rings is 2. The number of nitrogens with zero attached hydrogens (tertiary/aromatic N) is 2. The highest BCUT2D eigenvalue weighted by molar-refractivity contribution is 6.06. The molecule has 0 bridgehead atoms. The van der Waals surface area contributed by atoms with Crippen molar-refractivity contribution in [3.8, 4) is 0 Å². The van der Waals surface area contributed by atoms with Crippen LogP contribution in [0.15, 0.2) is 64.3 Å². The highest BCUT2D eigenvalue weighted by Crippen LogP contribution is 2.18. The van der Waals surface area contributed by atoms with Crippen LogP contribution in [0.3, 0.4) is 0 Å². The van der Waals surface area contributed by atoms with E-state index >= 15 is 0 Å². The van der Waals surface area contributed by atoms with Crippen LogP contribution < -0.4 is 16.4 Å². The number of para-hydroxylation sites is 1. The summed E-state index contributed by atoms with van der Waals surface area (Å²) in [4.78, 5) is 43.2. The topological polar surface area (TPSA) is 96.9 Å². The van der Waals surface area contributed by atoms with Crippen molar-refractivity contribution in [2.75, 3.05) is 5.32 Å². The van der Waals surface area contributed by atoms with Crippen molar-refractivity contribution in [2.24, 2.45) is 0 Å². The first-order valence-electron chi connectivity index (χ1n) is 8.50. The minimum Gasteiger partial charge on any atom is -0.321 e. The first-order chi connectivity index (χ1) is 13.1. The predicted molar refractivity (Wildman–Crippen MR) is 104 cm³/mol. The number of hydrogen-bond donors (Lipinski definition) is 2. The fraction of sp³-hybridized carbons (Fsp3) is 0.100. The van der Waals surface area contributed by atoms with Crippen LogP contribution in [0.4, 0.5) is 5.69 Å². The third-order valence-corrected chi connectivity index (χ3v) is 4.40. The molecule has 4 aromatic rings. The Morgan fingerprint density at radius 2 is 1.96 bits per heavy atom. The Morgan fingerprint density at radius 3 is 2.78 bits per heavy atom. The van der Waals surface area contributed by atoms with Crippen LogP contribution in [0, 0.1) is 0 Å². The maximum Gasteiger partial charge on any atom is 0.316 e. The van der Waals surface area contributed by atoms with E-state index in [4.69, 9.17) is 0 Å². The van der Waals surface area contributed by atoms with E-state index in [1.807, 2.05) is 30.3 Å². The highest BCUT2D eigenvalue weighted by Gasteiger charge is 2.11. The van der Waals surface area contributed by atoms with Gasteiger partial charge in [0.15, 0.2) is 0 Å². The largest absolute Gasteiger partial charge is 0.321 e. The molecule has 0 fully saturated rings. The van der Waals surface area contributed by atoms with Gasteiger partial charge in [-0.15, -0.1) is 0 Å². The molecule has 2 N–H and O–H groups in total. The van der Waals surface area contributed by atoms with E-state index in [-0.39, 0.29) is 5.91 Å². The Hall–Kier alpha value is -3.74. The number of nitrogens with one attached hydrogen (secondary N) is 2. The third kappa shape index (κ3) is 2.99. The minimum atomic E-state index is -0.708. The summed E-state index contributed by atoms with van der Waals surface area (Å²) in [5, 5.41) is 3.73. The predicted octanol–water partition coefficient (Wildman–Crippen LogP) is 2.51. The second-order valence-corrected chi connectivity index (χ2v) is 6.11. The smallest absolute Gasteiger partial charge is 0.316 e.